The molecule has 0 radical (unpaired) electrons. The number of esters is 3. The fourth-order valence-electron chi connectivity index (χ4n) is 9.22. The number of unbranched alkanes of at least 4 members (excludes halogenated alkanes) is 40. The van der Waals surface area contributed by atoms with Crippen molar-refractivity contribution < 1.29 is 28.6 Å². The number of hydrogen-bond acceptors (Lipinski definition) is 6. The van der Waals surface area contributed by atoms with Gasteiger partial charge in [-0.2, -0.15) is 0 Å². The van der Waals surface area contributed by atoms with E-state index < -0.39 is 6.10 Å². The van der Waals surface area contributed by atoms with E-state index >= 15 is 0 Å². The van der Waals surface area contributed by atoms with E-state index in [1.54, 1.807) is 0 Å². The Hall–Kier alpha value is -2.37. The number of rotatable bonds is 57. The molecule has 0 fully saturated rings. The first-order valence-electron chi connectivity index (χ1n) is 31.0. The average molecular weight is 984 g/mol. The van der Waals surface area contributed by atoms with Gasteiger partial charge in [0, 0.05) is 19.3 Å². The normalized spacial score (nSPS) is 12.2. The van der Waals surface area contributed by atoms with Crippen LogP contribution in [0, 0.1) is 0 Å². The summed E-state index contributed by atoms with van der Waals surface area (Å²) in [6.07, 6.45) is 71.6. The lowest BCUT2D eigenvalue weighted by atomic mass is 10.0. The Morgan fingerprint density at radius 3 is 0.800 bits per heavy atom. The number of carbonyl (C=O) groups excluding carboxylic acids is 3. The van der Waals surface area contributed by atoms with Gasteiger partial charge in [0.25, 0.3) is 0 Å². The average Bonchev–Trinajstić information content (AvgIpc) is 3.36. The van der Waals surface area contributed by atoms with Crippen LogP contribution in [0.4, 0.5) is 0 Å². The number of carbonyl (C=O) groups is 3. The van der Waals surface area contributed by atoms with Gasteiger partial charge < -0.3 is 14.2 Å². The monoisotopic (exact) mass is 983 g/mol. The van der Waals surface area contributed by atoms with Crippen LogP contribution in [0.1, 0.15) is 335 Å². The molecular weight excluding hydrogens is 865 g/mol. The predicted octanol–water partition coefficient (Wildman–Crippen LogP) is 20.8. The molecule has 0 amide bonds. The van der Waals surface area contributed by atoms with E-state index in [1.165, 1.54) is 218 Å². The predicted molar refractivity (Wildman–Crippen MR) is 302 cm³/mol. The minimum absolute atomic E-state index is 0.0728. The Bertz CT molecular complexity index is 1170. The van der Waals surface area contributed by atoms with Gasteiger partial charge in [0.1, 0.15) is 13.2 Å². The lowest BCUT2D eigenvalue weighted by Crippen LogP contribution is -2.30. The van der Waals surface area contributed by atoms with E-state index in [0.29, 0.717) is 19.3 Å². The van der Waals surface area contributed by atoms with Crippen LogP contribution in [0.3, 0.4) is 0 Å². The van der Waals surface area contributed by atoms with E-state index in [4.69, 9.17) is 14.2 Å². The van der Waals surface area contributed by atoms with Gasteiger partial charge in [0.05, 0.1) is 0 Å². The summed E-state index contributed by atoms with van der Waals surface area (Å²) in [6.45, 7) is 6.65. The van der Waals surface area contributed by atoms with Gasteiger partial charge >= 0.3 is 17.9 Å². The minimum atomic E-state index is -0.775. The van der Waals surface area contributed by atoms with Crippen LogP contribution in [-0.4, -0.2) is 37.2 Å². The molecule has 1 atom stereocenters. The molecule has 0 saturated heterocycles. The van der Waals surface area contributed by atoms with E-state index in [1.807, 2.05) is 0 Å². The molecule has 0 spiro atoms. The third-order valence-corrected chi connectivity index (χ3v) is 13.9. The Balaban J connectivity index is 4.22. The highest BCUT2D eigenvalue weighted by Crippen LogP contribution is 2.17. The molecule has 0 rings (SSSR count). The molecule has 70 heavy (non-hydrogen) atoms. The molecule has 0 heterocycles. The first-order valence-corrected chi connectivity index (χ1v) is 31.0. The summed E-state index contributed by atoms with van der Waals surface area (Å²) in [5.74, 6) is -0.868. The van der Waals surface area contributed by atoms with Crippen molar-refractivity contribution in [3.63, 3.8) is 0 Å². The topological polar surface area (TPSA) is 78.9 Å². The molecule has 0 aromatic heterocycles. The summed E-state index contributed by atoms with van der Waals surface area (Å²) in [5, 5.41) is 0. The molecule has 0 aromatic rings. The second kappa shape index (κ2) is 59.2. The first kappa shape index (κ1) is 67.6. The second-order valence-corrected chi connectivity index (χ2v) is 21.0. The zero-order valence-electron chi connectivity index (χ0n) is 47.1. The zero-order chi connectivity index (χ0) is 50.7. The van der Waals surface area contributed by atoms with Crippen LogP contribution in [0.25, 0.3) is 0 Å². The fraction of sp³-hybridized carbons (Fsp3) is 0.859. The van der Waals surface area contributed by atoms with Crippen molar-refractivity contribution >= 4 is 17.9 Å². The van der Waals surface area contributed by atoms with Crippen molar-refractivity contribution in [2.24, 2.45) is 0 Å². The number of hydrogen-bond donors (Lipinski definition) is 0. The maximum absolute atomic E-state index is 12.9. The Labute approximate surface area is 435 Å². The molecule has 6 nitrogen and oxygen atoms in total. The molecule has 0 aliphatic carbocycles. The molecule has 1 unspecified atom stereocenters. The van der Waals surface area contributed by atoms with E-state index in [2.05, 4.69) is 57.2 Å². The van der Waals surface area contributed by atoms with Crippen molar-refractivity contribution in [2.75, 3.05) is 13.2 Å². The third-order valence-electron chi connectivity index (χ3n) is 13.9. The van der Waals surface area contributed by atoms with E-state index in [9.17, 15) is 14.4 Å². The first-order chi connectivity index (χ1) is 34.5. The molecule has 0 aromatic carbocycles. The van der Waals surface area contributed by atoms with E-state index in [0.717, 1.165) is 77.0 Å². The molecule has 0 aliphatic heterocycles. The van der Waals surface area contributed by atoms with Crippen molar-refractivity contribution in [1.29, 1.82) is 0 Å². The van der Waals surface area contributed by atoms with Crippen molar-refractivity contribution in [2.45, 2.75) is 341 Å². The van der Waals surface area contributed by atoms with Crippen LogP contribution in [0.2, 0.25) is 0 Å². The summed E-state index contributed by atoms with van der Waals surface area (Å²) < 4.78 is 16.9. The standard InChI is InChI=1S/C64H118O6/c1-4-7-10-13-16-19-21-23-25-27-29-31-33-34-36-38-40-42-45-48-51-54-57-63(66)69-60-61(59-68-62(65)56-53-50-47-44-18-15-12-9-6-3)70-64(67)58-55-52-49-46-43-41-39-37-35-32-30-28-26-24-22-20-17-14-11-8-5-2/h22,24,28,30,35,37,61H,4-21,23,25-27,29,31-34,36,38-60H2,1-3H3/b24-22-,30-28-,37-35-. The van der Waals surface area contributed by atoms with Crippen molar-refractivity contribution in [3.05, 3.63) is 36.5 Å². The van der Waals surface area contributed by atoms with Gasteiger partial charge in [-0.3, -0.25) is 14.4 Å². The molecular formula is C64H118O6. The van der Waals surface area contributed by atoms with Gasteiger partial charge in [0.15, 0.2) is 6.10 Å². The Morgan fingerprint density at radius 1 is 0.286 bits per heavy atom. The molecule has 0 saturated carbocycles. The summed E-state index contributed by atoms with van der Waals surface area (Å²) >= 11 is 0. The maximum atomic E-state index is 12.9. The highest BCUT2D eigenvalue weighted by atomic mass is 16.6. The van der Waals surface area contributed by atoms with Crippen molar-refractivity contribution in [3.8, 4) is 0 Å². The SMILES string of the molecule is CCCCCCC/C=C\C/C=C\C/C=C\CCCCCCCCC(=O)OC(COC(=O)CCCCCCCCCCC)COC(=O)CCCCCCCCCCCCCCCCCCCCCCCC. The number of ether oxygens (including phenoxy) is 3. The zero-order valence-corrected chi connectivity index (χ0v) is 47.1. The van der Waals surface area contributed by atoms with E-state index in [-0.39, 0.29) is 31.1 Å². The molecule has 0 aliphatic rings. The summed E-state index contributed by atoms with van der Waals surface area (Å²) in [5.41, 5.74) is 0. The minimum Gasteiger partial charge on any atom is -0.462 e. The highest BCUT2D eigenvalue weighted by molar-refractivity contribution is 5.71. The van der Waals surface area contributed by atoms with Gasteiger partial charge in [-0.1, -0.05) is 295 Å². The molecule has 0 bridgehead atoms. The Kier molecular flexibility index (Phi) is 57.2. The van der Waals surface area contributed by atoms with Crippen LogP contribution < -0.4 is 0 Å². The smallest absolute Gasteiger partial charge is 0.306 e. The van der Waals surface area contributed by atoms with Gasteiger partial charge in [-0.15, -0.1) is 0 Å². The van der Waals surface area contributed by atoms with Crippen LogP contribution in [0.5, 0.6) is 0 Å². The fourth-order valence-corrected chi connectivity index (χ4v) is 9.22. The third kappa shape index (κ3) is 56.5. The number of allylic oxidation sites excluding steroid dienone is 6. The summed E-state index contributed by atoms with van der Waals surface area (Å²) in [7, 11) is 0. The van der Waals surface area contributed by atoms with Gasteiger partial charge in [0.2, 0.25) is 0 Å². The van der Waals surface area contributed by atoms with Gasteiger partial charge in [-0.25, -0.2) is 0 Å². The largest absolute Gasteiger partial charge is 0.462 e. The maximum Gasteiger partial charge on any atom is 0.306 e. The van der Waals surface area contributed by atoms with Crippen LogP contribution >= 0.6 is 0 Å². The van der Waals surface area contributed by atoms with Crippen molar-refractivity contribution in [1.82, 2.24) is 0 Å². The molecule has 410 valence electrons. The lowest BCUT2D eigenvalue weighted by molar-refractivity contribution is -0.167. The molecule has 0 N–H and O–H groups in total. The lowest BCUT2D eigenvalue weighted by Gasteiger charge is -2.18. The van der Waals surface area contributed by atoms with Crippen LogP contribution in [-0.2, 0) is 28.6 Å². The quantitative estimate of drug-likeness (QED) is 0.0261. The summed E-state index contributed by atoms with van der Waals surface area (Å²) in [4.78, 5) is 38.1. The second-order valence-electron chi connectivity index (χ2n) is 21.0. The molecule has 6 heteroatoms. The van der Waals surface area contributed by atoms with Gasteiger partial charge in [-0.05, 0) is 57.8 Å². The summed E-state index contributed by atoms with van der Waals surface area (Å²) in [6, 6.07) is 0. The highest BCUT2D eigenvalue weighted by Gasteiger charge is 2.19. The van der Waals surface area contributed by atoms with Crippen LogP contribution in [0.15, 0.2) is 36.5 Å². The Morgan fingerprint density at radius 2 is 0.514 bits per heavy atom.